The van der Waals surface area contributed by atoms with E-state index in [1.165, 1.54) is 36.5 Å². The number of sulfonamides is 1. The van der Waals surface area contributed by atoms with E-state index in [-0.39, 0.29) is 22.9 Å². The molecule has 1 heterocycles. The minimum atomic E-state index is -4.22. The van der Waals surface area contributed by atoms with Crippen molar-refractivity contribution in [3.63, 3.8) is 0 Å². The highest BCUT2D eigenvalue weighted by molar-refractivity contribution is 9.10. The summed E-state index contributed by atoms with van der Waals surface area (Å²) in [5.74, 6) is -0.507. The van der Waals surface area contributed by atoms with Crippen LogP contribution in [0.15, 0.2) is 81.2 Å². The summed E-state index contributed by atoms with van der Waals surface area (Å²) < 4.78 is 53.1. The normalized spacial score (nSPS) is 13.0. The Morgan fingerprint density at radius 3 is 2.53 bits per heavy atom. The van der Waals surface area contributed by atoms with Gasteiger partial charge < -0.3 is 9.47 Å². The number of rotatable bonds is 7. The Hall–Kier alpha value is -3.44. The first-order valence-electron chi connectivity index (χ1n) is 10.1. The number of fused-ring (bicyclic) bond motifs is 1. The monoisotopic (exact) mass is 547 g/mol. The van der Waals surface area contributed by atoms with Crippen molar-refractivity contribution in [3.8, 4) is 11.5 Å². The van der Waals surface area contributed by atoms with Crippen LogP contribution in [0.25, 0.3) is 0 Å². The van der Waals surface area contributed by atoms with Crippen molar-refractivity contribution in [2.24, 2.45) is 5.10 Å². The number of hydrogen-bond acceptors (Lipinski definition) is 6. The molecule has 0 saturated heterocycles. The minimum Gasteiger partial charge on any atom is -0.486 e. The molecular formula is C23H19BrFN3O5S. The first-order valence-corrected chi connectivity index (χ1v) is 12.3. The Kier molecular flexibility index (Phi) is 7.13. The van der Waals surface area contributed by atoms with Crippen molar-refractivity contribution in [2.45, 2.75) is 4.90 Å². The summed E-state index contributed by atoms with van der Waals surface area (Å²) >= 11 is 3.35. The number of halogens is 2. The number of anilines is 1. The third-order valence-corrected chi connectivity index (χ3v) is 7.02. The maximum absolute atomic E-state index is 13.5. The molecule has 1 aliphatic heterocycles. The Balaban J connectivity index is 1.59. The lowest BCUT2D eigenvalue weighted by Crippen LogP contribution is -2.39. The molecule has 4 rings (SSSR count). The molecule has 176 valence electrons. The summed E-state index contributed by atoms with van der Waals surface area (Å²) in [5.41, 5.74) is 3.17. The molecule has 34 heavy (non-hydrogen) atoms. The minimum absolute atomic E-state index is 0.105. The molecular weight excluding hydrogens is 529 g/mol. The van der Waals surface area contributed by atoms with E-state index in [2.05, 4.69) is 26.5 Å². The van der Waals surface area contributed by atoms with Crippen molar-refractivity contribution < 1.29 is 27.1 Å². The molecule has 0 saturated carbocycles. The number of hydrogen-bond donors (Lipinski definition) is 1. The number of ether oxygens (including phenoxy) is 2. The average Bonchev–Trinajstić information content (AvgIpc) is 2.83. The molecule has 1 amide bonds. The third-order valence-electron chi connectivity index (χ3n) is 4.76. The number of amides is 1. The van der Waals surface area contributed by atoms with E-state index >= 15 is 0 Å². The van der Waals surface area contributed by atoms with E-state index in [0.717, 1.165) is 26.5 Å². The smallest absolute Gasteiger partial charge is 0.264 e. The van der Waals surface area contributed by atoms with E-state index in [1.807, 2.05) is 12.1 Å². The number of carbonyl (C=O) groups is 1. The molecule has 3 aromatic carbocycles. The van der Waals surface area contributed by atoms with E-state index in [1.54, 1.807) is 12.1 Å². The maximum Gasteiger partial charge on any atom is 0.264 e. The van der Waals surface area contributed by atoms with Crippen molar-refractivity contribution in [1.82, 2.24) is 5.43 Å². The topological polar surface area (TPSA) is 97.3 Å². The van der Waals surface area contributed by atoms with Crippen LogP contribution in [0, 0.1) is 5.82 Å². The molecule has 0 spiro atoms. The van der Waals surface area contributed by atoms with Gasteiger partial charge in [0.25, 0.3) is 15.9 Å². The molecule has 0 atom stereocenters. The third kappa shape index (κ3) is 5.54. The lowest BCUT2D eigenvalue weighted by molar-refractivity contribution is -0.119. The van der Waals surface area contributed by atoms with Crippen LogP contribution in [0.2, 0.25) is 0 Å². The van der Waals surface area contributed by atoms with E-state index < -0.39 is 28.3 Å². The summed E-state index contributed by atoms with van der Waals surface area (Å²) in [4.78, 5) is 12.5. The largest absolute Gasteiger partial charge is 0.486 e. The summed E-state index contributed by atoms with van der Waals surface area (Å²) in [6.45, 7) is 0.0657. The van der Waals surface area contributed by atoms with Gasteiger partial charge in [0.05, 0.1) is 16.8 Å². The molecule has 11 heteroatoms. The van der Waals surface area contributed by atoms with Gasteiger partial charge in [-0.3, -0.25) is 9.10 Å². The molecule has 0 aromatic heterocycles. The Labute approximate surface area is 204 Å². The van der Waals surface area contributed by atoms with Crippen molar-refractivity contribution in [2.75, 3.05) is 24.1 Å². The van der Waals surface area contributed by atoms with Crippen LogP contribution in [-0.4, -0.2) is 40.3 Å². The van der Waals surface area contributed by atoms with Gasteiger partial charge in [-0.15, -0.1) is 0 Å². The van der Waals surface area contributed by atoms with E-state index in [0.29, 0.717) is 12.4 Å². The molecule has 0 aliphatic carbocycles. The van der Waals surface area contributed by atoms with Crippen LogP contribution in [0.3, 0.4) is 0 Å². The zero-order valence-corrected chi connectivity index (χ0v) is 20.1. The summed E-state index contributed by atoms with van der Waals surface area (Å²) in [5, 5.41) is 3.89. The summed E-state index contributed by atoms with van der Waals surface area (Å²) in [6, 6.07) is 16.2. The zero-order chi connectivity index (χ0) is 24.1. The SMILES string of the molecule is O=C(CN(c1ccc(F)cc1)S(=O)(=O)c1ccc2c(c1)OCCO2)N/N=C\c1cccc(Br)c1. The Morgan fingerprint density at radius 2 is 1.79 bits per heavy atom. The molecule has 0 bridgehead atoms. The fraction of sp³-hybridized carbons (Fsp3) is 0.130. The van der Waals surface area contributed by atoms with Gasteiger partial charge in [0.1, 0.15) is 25.6 Å². The molecule has 0 unspecified atom stereocenters. The number of hydrazone groups is 1. The fourth-order valence-electron chi connectivity index (χ4n) is 3.17. The van der Waals surface area contributed by atoms with Crippen molar-refractivity contribution in [1.29, 1.82) is 0 Å². The predicted molar refractivity (Wildman–Crippen MR) is 128 cm³/mol. The van der Waals surface area contributed by atoms with Gasteiger partial charge in [-0.25, -0.2) is 18.2 Å². The summed E-state index contributed by atoms with van der Waals surface area (Å²) in [7, 11) is -4.22. The van der Waals surface area contributed by atoms with Gasteiger partial charge in [-0.1, -0.05) is 28.1 Å². The van der Waals surface area contributed by atoms with E-state index in [9.17, 15) is 17.6 Å². The number of benzene rings is 3. The Bertz CT molecular complexity index is 1330. The number of nitrogens with zero attached hydrogens (tertiary/aromatic N) is 2. The lowest BCUT2D eigenvalue weighted by atomic mass is 10.2. The molecule has 0 radical (unpaired) electrons. The van der Waals surface area contributed by atoms with Gasteiger partial charge in [0.15, 0.2) is 11.5 Å². The van der Waals surface area contributed by atoms with Crippen LogP contribution in [0.4, 0.5) is 10.1 Å². The first kappa shape index (κ1) is 23.7. The van der Waals surface area contributed by atoms with Crippen molar-refractivity contribution >= 4 is 43.8 Å². The molecule has 3 aromatic rings. The quantitative estimate of drug-likeness (QED) is 0.359. The molecule has 1 aliphatic rings. The number of nitrogens with one attached hydrogen (secondary N) is 1. The van der Waals surface area contributed by atoms with Crippen LogP contribution in [-0.2, 0) is 14.8 Å². The molecule has 8 nitrogen and oxygen atoms in total. The van der Waals surface area contributed by atoms with E-state index in [4.69, 9.17) is 9.47 Å². The standard InChI is InChI=1S/C23H19BrFN3O5S/c24-17-3-1-2-16(12-17)14-26-27-23(29)15-28(19-6-4-18(25)5-7-19)34(30,31)20-8-9-21-22(13-20)33-11-10-32-21/h1-9,12-14H,10-11,15H2,(H,27,29)/b26-14-. The zero-order valence-electron chi connectivity index (χ0n) is 17.6. The highest BCUT2D eigenvalue weighted by Gasteiger charge is 2.29. The lowest BCUT2D eigenvalue weighted by Gasteiger charge is -2.25. The van der Waals surface area contributed by atoms with Gasteiger partial charge >= 0.3 is 0 Å². The van der Waals surface area contributed by atoms with Gasteiger partial charge in [-0.05, 0) is 54.1 Å². The van der Waals surface area contributed by atoms with Gasteiger partial charge in [0, 0.05) is 10.5 Å². The van der Waals surface area contributed by atoms with Crippen LogP contribution >= 0.6 is 15.9 Å². The maximum atomic E-state index is 13.5. The predicted octanol–water partition coefficient (Wildman–Crippen LogP) is 3.71. The number of carbonyl (C=O) groups excluding carboxylic acids is 1. The fourth-order valence-corrected chi connectivity index (χ4v) is 5.02. The van der Waals surface area contributed by atoms with Crippen LogP contribution in [0.1, 0.15) is 5.56 Å². The van der Waals surface area contributed by atoms with Crippen LogP contribution in [0.5, 0.6) is 11.5 Å². The highest BCUT2D eigenvalue weighted by atomic mass is 79.9. The summed E-state index contributed by atoms with van der Waals surface area (Å²) in [6.07, 6.45) is 1.43. The van der Waals surface area contributed by atoms with Gasteiger partial charge in [0.2, 0.25) is 0 Å². The second kappa shape index (κ2) is 10.2. The second-order valence-corrected chi connectivity index (χ2v) is 9.92. The molecule has 0 fully saturated rings. The molecule has 1 N–H and O–H groups in total. The first-order chi connectivity index (χ1) is 16.3. The second-order valence-electron chi connectivity index (χ2n) is 7.14. The Morgan fingerprint density at radius 1 is 1.06 bits per heavy atom. The van der Waals surface area contributed by atoms with Crippen LogP contribution < -0.4 is 19.2 Å². The highest BCUT2D eigenvalue weighted by Crippen LogP contribution is 2.34. The van der Waals surface area contributed by atoms with Crippen molar-refractivity contribution in [3.05, 3.63) is 82.6 Å². The van der Waals surface area contributed by atoms with Gasteiger partial charge in [-0.2, -0.15) is 5.10 Å². The average molecular weight is 548 g/mol.